The Kier molecular flexibility index (Phi) is 5.25. The molecule has 33 heavy (non-hydrogen) atoms. The molecule has 8 heteroatoms. The van der Waals surface area contributed by atoms with Gasteiger partial charge in [-0.1, -0.05) is 6.07 Å². The maximum absolute atomic E-state index is 13.1. The lowest BCUT2D eigenvalue weighted by Crippen LogP contribution is -2.21. The molecule has 1 amide bonds. The summed E-state index contributed by atoms with van der Waals surface area (Å²) in [5.41, 5.74) is 1.89. The summed E-state index contributed by atoms with van der Waals surface area (Å²) < 4.78 is 3.62. The van der Waals surface area contributed by atoms with Crippen molar-refractivity contribution in [3.05, 3.63) is 60.0 Å². The molecule has 2 N–H and O–H groups in total. The zero-order chi connectivity index (χ0) is 23.2. The number of amides is 1. The molecule has 3 heterocycles. The Hall–Kier alpha value is -3.52. The van der Waals surface area contributed by atoms with Gasteiger partial charge in [0, 0.05) is 34.9 Å². The first-order valence-electron chi connectivity index (χ1n) is 11.3. The number of aliphatic hydroxyl groups is 1. The molecule has 1 aliphatic carbocycles. The Balaban J connectivity index is 1.49. The van der Waals surface area contributed by atoms with E-state index >= 15 is 0 Å². The van der Waals surface area contributed by atoms with Crippen LogP contribution in [-0.2, 0) is 10.4 Å². The van der Waals surface area contributed by atoms with Gasteiger partial charge in [-0.3, -0.25) is 9.48 Å². The highest BCUT2D eigenvalue weighted by molar-refractivity contribution is 6.09. The van der Waals surface area contributed by atoms with Crippen molar-refractivity contribution >= 4 is 34.3 Å². The third-order valence-electron chi connectivity index (χ3n) is 6.55. The third kappa shape index (κ3) is 4.02. The molecule has 1 fully saturated rings. The molecule has 0 spiro atoms. The lowest BCUT2D eigenvalue weighted by atomic mass is 9.87. The van der Waals surface area contributed by atoms with Crippen LogP contribution in [0.2, 0.25) is 0 Å². The molecule has 0 radical (unpaired) electrons. The molecule has 1 aliphatic rings. The summed E-state index contributed by atoms with van der Waals surface area (Å²) in [5.74, 6) is -0.143. The maximum Gasteiger partial charge on any atom is 0.259 e. The topological polar surface area (TPSA) is 102 Å². The number of pyridine rings is 1. The van der Waals surface area contributed by atoms with Gasteiger partial charge >= 0.3 is 0 Å². The SMILES string of the molecule is CC(C)(O)c1cc2nn(C3CCC(C=O)CC3)cc2cc1NC(=O)c1cnn2ccccc12. The number of aromatic nitrogens is 4. The van der Waals surface area contributed by atoms with E-state index in [0.29, 0.717) is 22.3 Å². The van der Waals surface area contributed by atoms with Crippen LogP contribution in [0.15, 0.2) is 48.9 Å². The molecule has 0 unspecified atom stereocenters. The van der Waals surface area contributed by atoms with Crippen LogP contribution in [0.3, 0.4) is 0 Å². The van der Waals surface area contributed by atoms with E-state index in [4.69, 9.17) is 5.10 Å². The van der Waals surface area contributed by atoms with E-state index in [0.717, 1.165) is 42.9 Å². The van der Waals surface area contributed by atoms with Crippen LogP contribution in [0.25, 0.3) is 16.4 Å². The second kappa shape index (κ2) is 8.12. The number of anilines is 1. The first kappa shape index (κ1) is 21.3. The van der Waals surface area contributed by atoms with Crippen molar-refractivity contribution in [3.8, 4) is 0 Å². The van der Waals surface area contributed by atoms with Gasteiger partial charge in [-0.2, -0.15) is 10.2 Å². The van der Waals surface area contributed by atoms with E-state index < -0.39 is 5.60 Å². The van der Waals surface area contributed by atoms with Gasteiger partial charge in [-0.15, -0.1) is 0 Å². The second-order valence-electron chi connectivity index (χ2n) is 9.37. The zero-order valence-electron chi connectivity index (χ0n) is 18.7. The quantitative estimate of drug-likeness (QED) is 0.451. The third-order valence-corrected chi connectivity index (χ3v) is 6.55. The molecule has 0 aliphatic heterocycles. The van der Waals surface area contributed by atoms with E-state index in [-0.39, 0.29) is 17.9 Å². The number of hydrogen-bond donors (Lipinski definition) is 2. The summed E-state index contributed by atoms with van der Waals surface area (Å²) >= 11 is 0. The van der Waals surface area contributed by atoms with Crippen molar-refractivity contribution < 1.29 is 14.7 Å². The van der Waals surface area contributed by atoms with Gasteiger partial charge in [-0.05, 0) is 63.8 Å². The smallest absolute Gasteiger partial charge is 0.259 e. The van der Waals surface area contributed by atoms with Crippen molar-refractivity contribution in [2.45, 2.75) is 51.2 Å². The minimum absolute atomic E-state index is 0.148. The fourth-order valence-electron chi connectivity index (χ4n) is 4.69. The highest BCUT2D eigenvalue weighted by Gasteiger charge is 2.26. The van der Waals surface area contributed by atoms with Crippen LogP contribution >= 0.6 is 0 Å². The van der Waals surface area contributed by atoms with Crippen LogP contribution in [-0.4, -0.2) is 36.7 Å². The number of hydrogen-bond acceptors (Lipinski definition) is 5. The molecule has 1 aromatic carbocycles. The predicted molar refractivity (Wildman–Crippen MR) is 125 cm³/mol. The fourth-order valence-corrected chi connectivity index (χ4v) is 4.69. The normalized spacial score (nSPS) is 19.1. The number of carbonyl (C=O) groups excluding carboxylic acids is 2. The molecular weight excluding hydrogens is 418 g/mol. The predicted octanol–water partition coefficient (Wildman–Crippen LogP) is 4.09. The lowest BCUT2D eigenvalue weighted by molar-refractivity contribution is -0.112. The summed E-state index contributed by atoms with van der Waals surface area (Å²) in [7, 11) is 0. The average molecular weight is 446 g/mol. The monoisotopic (exact) mass is 445 g/mol. The molecule has 0 saturated heterocycles. The van der Waals surface area contributed by atoms with Crippen LogP contribution in [0.1, 0.15) is 61.5 Å². The van der Waals surface area contributed by atoms with Gasteiger partial charge in [0.05, 0.1) is 34.4 Å². The molecule has 0 bridgehead atoms. The van der Waals surface area contributed by atoms with Gasteiger partial charge in [0.15, 0.2) is 0 Å². The average Bonchev–Trinajstić information content (AvgIpc) is 3.42. The minimum Gasteiger partial charge on any atom is -0.386 e. The molecule has 170 valence electrons. The molecular formula is C25H27N5O3. The number of carbonyl (C=O) groups is 2. The van der Waals surface area contributed by atoms with Gasteiger partial charge in [0.25, 0.3) is 5.91 Å². The maximum atomic E-state index is 13.1. The minimum atomic E-state index is -1.18. The summed E-state index contributed by atoms with van der Waals surface area (Å²) in [6, 6.07) is 9.51. The Bertz CT molecular complexity index is 1340. The van der Waals surface area contributed by atoms with E-state index in [1.54, 1.807) is 30.8 Å². The van der Waals surface area contributed by atoms with Gasteiger partial charge < -0.3 is 15.2 Å². The van der Waals surface area contributed by atoms with E-state index in [2.05, 4.69) is 10.4 Å². The Morgan fingerprint density at radius 1 is 1.21 bits per heavy atom. The molecule has 8 nitrogen and oxygen atoms in total. The van der Waals surface area contributed by atoms with Gasteiger partial charge in [0.1, 0.15) is 6.29 Å². The van der Waals surface area contributed by atoms with Crippen molar-refractivity contribution in [2.24, 2.45) is 5.92 Å². The Morgan fingerprint density at radius 3 is 2.73 bits per heavy atom. The van der Waals surface area contributed by atoms with Crippen LogP contribution in [0.4, 0.5) is 5.69 Å². The number of benzene rings is 1. The molecule has 5 rings (SSSR count). The largest absolute Gasteiger partial charge is 0.386 e. The fraction of sp³-hybridized carbons (Fsp3) is 0.360. The lowest BCUT2D eigenvalue weighted by Gasteiger charge is -2.25. The molecule has 0 atom stereocenters. The van der Waals surface area contributed by atoms with Crippen molar-refractivity contribution in [1.29, 1.82) is 0 Å². The first-order valence-corrected chi connectivity index (χ1v) is 11.3. The molecule has 1 saturated carbocycles. The van der Waals surface area contributed by atoms with Crippen LogP contribution in [0, 0.1) is 5.92 Å². The highest BCUT2D eigenvalue weighted by atomic mass is 16.3. The summed E-state index contributed by atoms with van der Waals surface area (Å²) in [6.45, 7) is 3.38. The summed E-state index contributed by atoms with van der Waals surface area (Å²) in [4.78, 5) is 24.2. The number of rotatable bonds is 5. The van der Waals surface area contributed by atoms with Crippen molar-refractivity contribution in [2.75, 3.05) is 5.32 Å². The van der Waals surface area contributed by atoms with Crippen LogP contribution in [0.5, 0.6) is 0 Å². The molecule has 4 aromatic rings. The summed E-state index contributed by atoms with van der Waals surface area (Å²) in [6.07, 6.45) is 9.95. The first-order chi connectivity index (χ1) is 15.8. The number of nitrogens with one attached hydrogen (secondary N) is 1. The highest BCUT2D eigenvalue weighted by Crippen LogP contribution is 2.35. The number of nitrogens with zero attached hydrogens (tertiary/aromatic N) is 4. The standard InChI is InChI=1S/C25H27N5O3/c1-25(2,33)20-12-21-17(14-30(28-21)18-8-6-16(15-31)7-9-18)11-22(20)27-24(32)19-13-26-29-10-4-3-5-23(19)29/h3-5,10-16,18,33H,6-9H2,1-2H3,(H,27,32). The number of fused-ring (bicyclic) bond motifs is 2. The zero-order valence-corrected chi connectivity index (χ0v) is 18.7. The van der Waals surface area contributed by atoms with Gasteiger partial charge in [-0.25, -0.2) is 4.52 Å². The van der Waals surface area contributed by atoms with Crippen molar-refractivity contribution in [1.82, 2.24) is 19.4 Å². The Morgan fingerprint density at radius 2 is 2.00 bits per heavy atom. The number of aldehydes is 1. The molecule has 3 aromatic heterocycles. The van der Waals surface area contributed by atoms with Crippen LogP contribution < -0.4 is 5.32 Å². The summed E-state index contributed by atoms with van der Waals surface area (Å²) in [5, 5.41) is 23.7. The van der Waals surface area contributed by atoms with Gasteiger partial charge in [0.2, 0.25) is 0 Å². The van der Waals surface area contributed by atoms with E-state index in [9.17, 15) is 14.7 Å². The second-order valence-corrected chi connectivity index (χ2v) is 9.37. The Labute approximate surface area is 191 Å². The van der Waals surface area contributed by atoms with E-state index in [1.807, 2.05) is 41.2 Å². The van der Waals surface area contributed by atoms with E-state index in [1.165, 1.54) is 0 Å². The van der Waals surface area contributed by atoms with Crippen molar-refractivity contribution in [3.63, 3.8) is 0 Å².